The zero-order valence-corrected chi connectivity index (χ0v) is 20.5. The van der Waals surface area contributed by atoms with Crippen LogP contribution in [0.15, 0.2) is 71.6 Å². The fourth-order valence-electron chi connectivity index (χ4n) is 3.26. The van der Waals surface area contributed by atoms with Crippen molar-refractivity contribution in [3.8, 4) is 0 Å². The summed E-state index contributed by atoms with van der Waals surface area (Å²) in [7, 11) is -3.86. The second-order valence-electron chi connectivity index (χ2n) is 8.48. The van der Waals surface area contributed by atoms with E-state index in [0.717, 1.165) is 11.1 Å². The summed E-state index contributed by atoms with van der Waals surface area (Å²) in [6.45, 7) is 7.47. The highest BCUT2D eigenvalue weighted by molar-refractivity contribution is 7.92. The Morgan fingerprint density at radius 3 is 2.29 bits per heavy atom. The Bertz CT molecular complexity index is 1320. The number of benzene rings is 3. The summed E-state index contributed by atoms with van der Waals surface area (Å²) in [6.07, 6.45) is 0. The summed E-state index contributed by atoms with van der Waals surface area (Å²) >= 11 is 0. The van der Waals surface area contributed by atoms with Gasteiger partial charge in [0.1, 0.15) is 0 Å². The number of carbonyl (C=O) groups is 2. The van der Waals surface area contributed by atoms with Crippen LogP contribution in [0.1, 0.15) is 40.9 Å². The van der Waals surface area contributed by atoms with Gasteiger partial charge in [0.2, 0.25) is 5.91 Å². The van der Waals surface area contributed by atoms with Crippen molar-refractivity contribution in [3.05, 3.63) is 89.0 Å². The highest BCUT2D eigenvalue weighted by atomic mass is 32.2. The maximum Gasteiger partial charge on any atom is 0.261 e. The van der Waals surface area contributed by atoms with Crippen LogP contribution in [-0.4, -0.2) is 20.2 Å². The van der Waals surface area contributed by atoms with Crippen molar-refractivity contribution < 1.29 is 18.0 Å². The van der Waals surface area contributed by atoms with Gasteiger partial charge in [-0.25, -0.2) is 8.42 Å². The van der Waals surface area contributed by atoms with E-state index in [1.807, 2.05) is 32.9 Å². The maximum atomic E-state index is 12.9. The monoisotopic (exact) mass is 479 g/mol. The number of hydrogen-bond acceptors (Lipinski definition) is 4. The number of hydrogen-bond donors (Lipinski definition) is 3. The first-order valence-electron chi connectivity index (χ1n) is 10.9. The second-order valence-corrected chi connectivity index (χ2v) is 10.2. The molecular weight excluding hydrogens is 450 g/mol. The molecule has 0 aliphatic rings. The Labute approximate surface area is 200 Å². The molecule has 0 saturated carbocycles. The van der Waals surface area contributed by atoms with Gasteiger partial charge >= 0.3 is 0 Å². The predicted molar refractivity (Wildman–Crippen MR) is 134 cm³/mol. The number of sulfonamides is 1. The third kappa shape index (κ3) is 6.45. The molecule has 3 N–H and O–H groups in total. The minimum atomic E-state index is -3.86. The van der Waals surface area contributed by atoms with Crippen molar-refractivity contribution in [1.29, 1.82) is 0 Å². The lowest BCUT2D eigenvalue weighted by Crippen LogP contribution is -2.24. The average Bonchev–Trinajstić information content (AvgIpc) is 2.77. The van der Waals surface area contributed by atoms with Crippen LogP contribution in [0.4, 0.5) is 11.4 Å². The van der Waals surface area contributed by atoms with Gasteiger partial charge < -0.3 is 10.6 Å². The summed E-state index contributed by atoms with van der Waals surface area (Å²) < 4.78 is 28.3. The average molecular weight is 480 g/mol. The van der Waals surface area contributed by atoms with E-state index >= 15 is 0 Å². The summed E-state index contributed by atoms with van der Waals surface area (Å²) in [4.78, 5) is 24.8. The molecule has 7 nitrogen and oxygen atoms in total. The van der Waals surface area contributed by atoms with E-state index in [1.165, 1.54) is 12.1 Å². The lowest BCUT2D eigenvalue weighted by molar-refractivity contribution is -0.118. The minimum Gasteiger partial charge on any atom is -0.348 e. The van der Waals surface area contributed by atoms with Crippen LogP contribution in [0, 0.1) is 19.8 Å². The molecule has 8 heteroatoms. The standard InChI is InChI=1S/C26H29N3O4S/c1-17(2)25(30)28-21-9-6-8-20(14-21)16-27-26(31)24-15-23(12-11-19(24)4)34(32,33)29-22-10-5-7-18(3)13-22/h5-15,17,29H,16H2,1-4H3,(H,27,31)(H,28,30). The van der Waals surface area contributed by atoms with Gasteiger partial charge in [-0.2, -0.15) is 0 Å². The number of nitrogens with one attached hydrogen (secondary N) is 3. The molecular formula is C26H29N3O4S. The van der Waals surface area contributed by atoms with Crippen LogP contribution in [-0.2, 0) is 21.4 Å². The number of anilines is 2. The van der Waals surface area contributed by atoms with Crippen LogP contribution in [0.2, 0.25) is 0 Å². The minimum absolute atomic E-state index is 0.00292. The van der Waals surface area contributed by atoms with Crippen LogP contribution in [0.5, 0.6) is 0 Å². The maximum absolute atomic E-state index is 12.9. The van der Waals surface area contributed by atoms with Gasteiger partial charge in [-0.15, -0.1) is 0 Å². The van der Waals surface area contributed by atoms with Crippen LogP contribution < -0.4 is 15.4 Å². The molecule has 0 saturated heterocycles. The molecule has 0 fully saturated rings. The van der Waals surface area contributed by atoms with E-state index in [-0.39, 0.29) is 34.7 Å². The van der Waals surface area contributed by atoms with Gasteiger partial charge in [0.05, 0.1) is 4.90 Å². The van der Waals surface area contributed by atoms with Crippen molar-refractivity contribution in [3.63, 3.8) is 0 Å². The molecule has 0 atom stereocenters. The molecule has 0 spiro atoms. The first kappa shape index (κ1) is 25.0. The second kappa shape index (κ2) is 10.5. The Balaban J connectivity index is 1.73. The Morgan fingerprint density at radius 2 is 1.59 bits per heavy atom. The molecule has 3 rings (SSSR count). The van der Waals surface area contributed by atoms with Crippen molar-refractivity contribution in [2.45, 2.75) is 39.1 Å². The predicted octanol–water partition coefficient (Wildman–Crippen LogP) is 4.63. The topological polar surface area (TPSA) is 104 Å². The lowest BCUT2D eigenvalue weighted by atomic mass is 10.1. The summed E-state index contributed by atoms with van der Waals surface area (Å²) in [5.74, 6) is -0.619. The number of aryl methyl sites for hydroxylation is 2. The van der Waals surface area contributed by atoms with Crippen molar-refractivity contribution in [1.82, 2.24) is 5.32 Å². The SMILES string of the molecule is Cc1cccc(NS(=O)(=O)c2ccc(C)c(C(=O)NCc3cccc(NC(=O)C(C)C)c3)c2)c1. The van der Waals surface area contributed by atoms with E-state index in [4.69, 9.17) is 0 Å². The molecule has 0 radical (unpaired) electrons. The van der Waals surface area contributed by atoms with Crippen LogP contribution in [0.3, 0.4) is 0 Å². The first-order valence-corrected chi connectivity index (χ1v) is 12.4. The molecule has 0 heterocycles. The smallest absolute Gasteiger partial charge is 0.261 e. The van der Waals surface area contributed by atoms with Crippen LogP contribution >= 0.6 is 0 Å². The Morgan fingerprint density at radius 1 is 0.882 bits per heavy atom. The van der Waals surface area contributed by atoms with E-state index in [9.17, 15) is 18.0 Å². The quantitative estimate of drug-likeness (QED) is 0.438. The van der Waals surface area contributed by atoms with Gasteiger partial charge in [-0.1, -0.05) is 44.2 Å². The van der Waals surface area contributed by atoms with Crippen molar-refractivity contribution in [2.24, 2.45) is 5.92 Å². The molecule has 0 aliphatic heterocycles. The van der Waals surface area contributed by atoms with Gasteiger partial charge in [-0.05, 0) is 66.9 Å². The fourth-order valence-corrected chi connectivity index (χ4v) is 4.33. The molecule has 3 aromatic carbocycles. The third-order valence-corrected chi connectivity index (χ3v) is 6.59. The molecule has 0 bridgehead atoms. The molecule has 34 heavy (non-hydrogen) atoms. The largest absolute Gasteiger partial charge is 0.348 e. The molecule has 3 aromatic rings. The van der Waals surface area contributed by atoms with Gasteiger partial charge in [0, 0.05) is 29.4 Å². The lowest BCUT2D eigenvalue weighted by Gasteiger charge is -2.13. The first-order chi connectivity index (χ1) is 16.0. The van der Waals surface area contributed by atoms with E-state index in [2.05, 4.69) is 15.4 Å². The van der Waals surface area contributed by atoms with Gasteiger partial charge in [0.25, 0.3) is 15.9 Å². The summed E-state index contributed by atoms with van der Waals surface area (Å²) in [5.41, 5.74) is 3.77. The number of rotatable bonds is 8. The van der Waals surface area contributed by atoms with E-state index in [1.54, 1.807) is 49.4 Å². The molecule has 0 aromatic heterocycles. The molecule has 0 aliphatic carbocycles. The highest BCUT2D eigenvalue weighted by Gasteiger charge is 2.18. The van der Waals surface area contributed by atoms with Crippen molar-refractivity contribution >= 4 is 33.2 Å². The highest BCUT2D eigenvalue weighted by Crippen LogP contribution is 2.20. The van der Waals surface area contributed by atoms with E-state index < -0.39 is 10.0 Å². The zero-order chi connectivity index (χ0) is 24.9. The van der Waals surface area contributed by atoms with Gasteiger partial charge in [-0.3, -0.25) is 14.3 Å². The third-order valence-electron chi connectivity index (χ3n) is 5.21. The Kier molecular flexibility index (Phi) is 7.73. The van der Waals surface area contributed by atoms with Crippen LogP contribution in [0.25, 0.3) is 0 Å². The molecule has 2 amide bonds. The number of amides is 2. The normalized spacial score (nSPS) is 11.2. The van der Waals surface area contributed by atoms with E-state index in [0.29, 0.717) is 16.9 Å². The zero-order valence-electron chi connectivity index (χ0n) is 19.7. The summed E-state index contributed by atoms with van der Waals surface area (Å²) in [5, 5.41) is 5.66. The van der Waals surface area contributed by atoms with Crippen molar-refractivity contribution in [2.75, 3.05) is 10.0 Å². The molecule has 0 unspecified atom stereocenters. The number of carbonyl (C=O) groups excluding carboxylic acids is 2. The summed E-state index contributed by atoms with van der Waals surface area (Å²) in [6, 6.07) is 18.7. The van der Waals surface area contributed by atoms with Gasteiger partial charge in [0.15, 0.2) is 0 Å². The fraction of sp³-hybridized carbons (Fsp3) is 0.231. The Hall–Kier alpha value is -3.65. The molecule has 178 valence electrons.